The Hall–Kier alpha value is -1.94. The normalized spacial score (nSPS) is 10.5. The SMILES string of the molecule is CCNCc1occc1-c1cc(OC)ccc1OC. The van der Waals surface area contributed by atoms with E-state index in [0.29, 0.717) is 6.54 Å². The van der Waals surface area contributed by atoms with Crippen molar-refractivity contribution in [3.63, 3.8) is 0 Å². The van der Waals surface area contributed by atoms with Crippen LogP contribution < -0.4 is 14.8 Å². The minimum Gasteiger partial charge on any atom is -0.497 e. The van der Waals surface area contributed by atoms with Gasteiger partial charge in [-0.05, 0) is 30.8 Å². The Labute approximate surface area is 113 Å². The fourth-order valence-corrected chi connectivity index (χ4v) is 1.98. The van der Waals surface area contributed by atoms with Crippen LogP contribution in [0.3, 0.4) is 0 Å². The van der Waals surface area contributed by atoms with E-state index in [4.69, 9.17) is 13.9 Å². The van der Waals surface area contributed by atoms with Gasteiger partial charge < -0.3 is 19.2 Å². The highest BCUT2D eigenvalue weighted by Crippen LogP contribution is 2.35. The maximum absolute atomic E-state index is 5.54. The van der Waals surface area contributed by atoms with Crippen LogP contribution in [0.5, 0.6) is 11.5 Å². The van der Waals surface area contributed by atoms with Crippen LogP contribution in [0.4, 0.5) is 0 Å². The molecule has 0 amide bonds. The van der Waals surface area contributed by atoms with Crippen LogP contribution in [0.1, 0.15) is 12.7 Å². The lowest BCUT2D eigenvalue weighted by Crippen LogP contribution is -2.11. The van der Waals surface area contributed by atoms with Crippen molar-refractivity contribution in [3.8, 4) is 22.6 Å². The van der Waals surface area contributed by atoms with Gasteiger partial charge in [-0.25, -0.2) is 0 Å². The molecule has 0 atom stereocenters. The monoisotopic (exact) mass is 261 g/mol. The van der Waals surface area contributed by atoms with Crippen molar-refractivity contribution in [3.05, 3.63) is 36.3 Å². The third kappa shape index (κ3) is 2.90. The number of rotatable bonds is 6. The Morgan fingerprint density at radius 3 is 2.63 bits per heavy atom. The summed E-state index contributed by atoms with van der Waals surface area (Å²) < 4.78 is 16.2. The molecule has 2 rings (SSSR count). The molecule has 4 nitrogen and oxygen atoms in total. The molecular weight excluding hydrogens is 242 g/mol. The molecule has 1 aromatic carbocycles. The molecule has 0 aliphatic heterocycles. The summed E-state index contributed by atoms with van der Waals surface area (Å²) in [5.74, 6) is 2.50. The van der Waals surface area contributed by atoms with Crippen LogP contribution in [0.15, 0.2) is 34.9 Å². The average Bonchev–Trinajstić information content (AvgIpc) is 2.92. The third-order valence-corrected chi connectivity index (χ3v) is 2.98. The number of furan rings is 1. The fraction of sp³-hybridized carbons (Fsp3) is 0.333. The van der Waals surface area contributed by atoms with Gasteiger partial charge in [0.1, 0.15) is 17.3 Å². The second kappa shape index (κ2) is 6.29. The molecule has 0 bridgehead atoms. The van der Waals surface area contributed by atoms with Gasteiger partial charge in [-0.3, -0.25) is 0 Å². The zero-order valence-electron chi connectivity index (χ0n) is 11.5. The van der Waals surface area contributed by atoms with E-state index in [9.17, 15) is 0 Å². The average molecular weight is 261 g/mol. The van der Waals surface area contributed by atoms with Gasteiger partial charge in [0.05, 0.1) is 27.0 Å². The molecule has 0 aliphatic carbocycles. The van der Waals surface area contributed by atoms with Crippen LogP contribution in [0.2, 0.25) is 0 Å². The molecule has 0 aliphatic rings. The largest absolute Gasteiger partial charge is 0.497 e. The number of methoxy groups -OCH3 is 2. The second-order valence-electron chi connectivity index (χ2n) is 4.10. The van der Waals surface area contributed by atoms with Gasteiger partial charge in [-0.1, -0.05) is 6.92 Å². The van der Waals surface area contributed by atoms with Gasteiger partial charge in [0.2, 0.25) is 0 Å². The maximum Gasteiger partial charge on any atom is 0.127 e. The van der Waals surface area contributed by atoms with Crippen molar-refractivity contribution in [1.82, 2.24) is 5.32 Å². The third-order valence-electron chi connectivity index (χ3n) is 2.98. The van der Waals surface area contributed by atoms with E-state index in [-0.39, 0.29) is 0 Å². The molecule has 1 heterocycles. The number of ether oxygens (including phenoxy) is 2. The van der Waals surface area contributed by atoms with E-state index in [0.717, 1.165) is 34.9 Å². The lowest BCUT2D eigenvalue weighted by atomic mass is 10.0. The molecule has 4 heteroatoms. The topological polar surface area (TPSA) is 43.6 Å². The molecule has 0 fully saturated rings. The van der Waals surface area contributed by atoms with Gasteiger partial charge in [-0.2, -0.15) is 0 Å². The van der Waals surface area contributed by atoms with Crippen molar-refractivity contribution in [2.75, 3.05) is 20.8 Å². The smallest absolute Gasteiger partial charge is 0.127 e. The molecular formula is C15H19NO3. The highest BCUT2D eigenvalue weighted by molar-refractivity contribution is 5.73. The first kappa shape index (κ1) is 13.5. The van der Waals surface area contributed by atoms with Gasteiger partial charge >= 0.3 is 0 Å². The van der Waals surface area contributed by atoms with Crippen LogP contribution >= 0.6 is 0 Å². The Morgan fingerprint density at radius 2 is 1.95 bits per heavy atom. The van der Waals surface area contributed by atoms with Crippen molar-refractivity contribution in [2.45, 2.75) is 13.5 Å². The lowest BCUT2D eigenvalue weighted by Gasteiger charge is -2.10. The Bertz CT molecular complexity index is 534. The summed E-state index contributed by atoms with van der Waals surface area (Å²) in [6, 6.07) is 7.69. The van der Waals surface area contributed by atoms with E-state index in [1.807, 2.05) is 24.3 Å². The summed E-state index contributed by atoms with van der Waals surface area (Å²) in [4.78, 5) is 0. The lowest BCUT2D eigenvalue weighted by molar-refractivity contribution is 0.404. The van der Waals surface area contributed by atoms with Crippen LogP contribution in [0.25, 0.3) is 11.1 Å². The first-order valence-corrected chi connectivity index (χ1v) is 6.29. The molecule has 0 radical (unpaired) electrons. The minimum atomic E-state index is 0.694. The van der Waals surface area contributed by atoms with E-state index in [1.54, 1.807) is 20.5 Å². The number of hydrogen-bond donors (Lipinski definition) is 1. The van der Waals surface area contributed by atoms with Crippen molar-refractivity contribution in [1.29, 1.82) is 0 Å². The Morgan fingerprint density at radius 1 is 1.11 bits per heavy atom. The molecule has 19 heavy (non-hydrogen) atoms. The van der Waals surface area contributed by atoms with Gasteiger partial charge in [0.25, 0.3) is 0 Å². The van der Waals surface area contributed by atoms with E-state index >= 15 is 0 Å². The molecule has 0 spiro atoms. The summed E-state index contributed by atoms with van der Waals surface area (Å²) >= 11 is 0. The minimum absolute atomic E-state index is 0.694. The van der Waals surface area contributed by atoms with Crippen LogP contribution in [-0.4, -0.2) is 20.8 Å². The van der Waals surface area contributed by atoms with Crippen molar-refractivity contribution >= 4 is 0 Å². The number of nitrogens with one attached hydrogen (secondary N) is 1. The summed E-state index contributed by atoms with van der Waals surface area (Å²) in [5.41, 5.74) is 2.00. The van der Waals surface area contributed by atoms with E-state index in [2.05, 4.69) is 12.2 Å². The number of hydrogen-bond acceptors (Lipinski definition) is 4. The Kier molecular flexibility index (Phi) is 4.47. The summed E-state index contributed by atoms with van der Waals surface area (Å²) in [6.45, 7) is 3.66. The first-order valence-electron chi connectivity index (χ1n) is 6.29. The molecule has 0 saturated carbocycles. The molecule has 2 aromatic rings. The van der Waals surface area contributed by atoms with Gasteiger partial charge in [-0.15, -0.1) is 0 Å². The van der Waals surface area contributed by atoms with Crippen molar-refractivity contribution < 1.29 is 13.9 Å². The summed E-state index contributed by atoms with van der Waals surface area (Å²) in [7, 11) is 3.32. The zero-order chi connectivity index (χ0) is 13.7. The molecule has 1 aromatic heterocycles. The van der Waals surface area contributed by atoms with Crippen LogP contribution in [0, 0.1) is 0 Å². The first-order chi connectivity index (χ1) is 9.30. The van der Waals surface area contributed by atoms with Crippen LogP contribution in [-0.2, 0) is 6.54 Å². The zero-order valence-corrected chi connectivity index (χ0v) is 11.5. The second-order valence-corrected chi connectivity index (χ2v) is 4.10. The van der Waals surface area contributed by atoms with Crippen molar-refractivity contribution in [2.24, 2.45) is 0 Å². The highest BCUT2D eigenvalue weighted by atomic mass is 16.5. The molecule has 1 N–H and O–H groups in total. The summed E-state index contributed by atoms with van der Waals surface area (Å²) in [5, 5.41) is 3.26. The standard InChI is InChI=1S/C15H19NO3/c1-4-16-10-15-12(7-8-19-15)13-9-11(17-2)5-6-14(13)18-3/h5-9,16H,4,10H2,1-3H3. The molecule has 102 valence electrons. The van der Waals surface area contributed by atoms with Gasteiger partial charge in [0.15, 0.2) is 0 Å². The summed E-state index contributed by atoms with van der Waals surface area (Å²) in [6.07, 6.45) is 1.70. The maximum atomic E-state index is 5.54. The predicted molar refractivity (Wildman–Crippen MR) is 74.6 cm³/mol. The molecule has 0 unspecified atom stereocenters. The molecule has 0 saturated heterocycles. The quantitative estimate of drug-likeness (QED) is 0.868. The highest BCUT2D eigenvalue weighted by Gasteiger charge is 2.14. The van der Waals surface area contributed by atoms with Gasteiger partial charge in [0, 0.05) is 11.1 Å². The van der Waals surface area contributed by atoms with E-state index < -0.39 is 0 Å². The fourth-order valence-electron chi connectivity index (χ4n) is 1.98. The predicted octanol–water partition coefficient (Wildman–Crippen LogP) is 3.07. The number of benzene rings is 1. The Balaban J connectivity index is 2.42. The van der Waals surface area contributed by atoms with E-state index in [1.165, 1.54) is 0 Å².